The van der Waals surface area contributed by atoms with Crippen molar-refractivity contribution in [3.63, 3.8) is 0 Å². The number of rotatable bonds is 8. The molecule has 0 aliphatic carbocycles. The molecule has 156 valence electrons. The summed E-state index contributed by atoms with van der Waals surface area (Å²) in [6.45, 7) is 5.01. The summed E-state index contributed by atoms with van der Waals surface area (Å²) in [5.41, 5.74) is 3.22. The second kappa shape index (κ2) is 9.36. The molecule has 0 radical (unpaired) electrons. The van der Waals surface area contributed by atoms with Crippen molar-refractivity contribution in [3.8, 4) is 11.5 Å². The lowest BCUT2D eigenvalue weighted by atomic mass is 10.0. The van der Waals surface area contributed by atoms with Crippen molar-refractivity contribution in [3.05, 3.63) is 53.6 Å². The summed E-state index contributed by atoms with van der Waals surface area (Å²) in [5, 5.41) is 15.2. The van der Waals surface area contributed by atoms with Crippen LogP contribution in [0, 0.1) is 0 Å². The van der Waals surface area contributed by atoms with Gasteiger partial charge in [-0.05, 0) is 41.3 Å². The van der Waals surface area contributed by atoms with Crippen LogP contribution in [0.25, 0.3) is 0 Å². The van der Waals surface area contributed by atoms with Crippen molar-refractivity contribution >= 4 is 39.8 Å². The minimum Gasteiger partial charge on any atom is -0.454 e. The van der Waals surface area contributed by atoms with E-state index in [-0.39, 0.29) is 18.5 Å². The molecule has 1 aromatic heterocycles. The molecule has 4 rings (SSSR count). The van der Waals surface area contributed by atoms with Gasteiger partial charge in [0.2, 0.25) is 17.8 Å². The number of hydrogen-bond acceptors (Lipinski definition) is 8. The van der Waals surface area contributed by atoms with E-state index in [0.717, 1.165) is 21.3 Å². The van der Waals surface area contributed by atoms with Crippen LogP contribution in [0.1, 0.15) is 30.9 Å². The van der Waals surface area contributed by atoms with Crippen LogP contribution in [-0.2, 0) is 11.3 Å². The topological polar surface area (TPSA) is 85.4 Å². The Morgan fingerprint density at radius 2 is 1.93 bits per heavy atom. The highest BCUT2D eigenvalue weighted by atomic mass is 32.2. The third-order valence-electron chi connectivity index (χ3n) is 4.49. The molecule has 2 heterocycles. The molecule has 0 saturated carbocycles. The van der Waals surface area contributed by atoms with Crippen LogP contribution in [0.3, 0.4) is 0 Å². The molecular weight excluding hydrogens is 420 g/mol. The van der Waals surface area contributed by atoms with Crippen molar-refractivity contribution in [1.82, 2.24) is 15.5 Å². The van der Waals surface area contributed by atoms with Gasteiger partial charge >= 0.3 is 0 Å². The summed E-state index contributed by atoms with van der Waals surface area (Å²) in [6, 6.07) is 13.9. The van der Waals surface area contributed by atoms with Gasteiger partial charge in [0.25, 0.3) is 0 Å². The van der Waals surface area contributed by atoms with Gasteiger partial charge in [-0.1, -0.05) is 55.1 Å². The fraction of sp³-hybridized carbons (Fsp3) is 0.286. The lowest BCUT2D eigenvalue weighted by Gasteiger charge is -2.06. The first-order valence-corrected chi connectivity index (χ1v) is 11.4. The van der Waals surface area contributed by atoms with E-state index in [1.165, 1.54) is 28.7 Å². The Morgan fingerprint density at radius 3 is 2.73 bits per heavy atom. The van der Waals surface area contributed by atoms with E-state index >= 15 is 0 Å². The predicted octanol–water partition coefficient (Wildman–Crippen LogP) is 4.54. The molecule has 30 heavy (non-hydrogen) atoms. The van der Waals surface area contributed by atoms with Crippen LogP contribution in [-0.4, -0.2) is 28.7 Å². The predicted molar refractivity (Wildman–Crippen MR) is 119 cm³/mol. The van der Waals surface area contributed by atoms with E-state index in [1.807, 2.05) is 30.3 Å². The summed E-state index contributed by atoms with van der Waals surface area (Å²) >= 11 is 2.80. The average molecular weight is 443 g/mol. The molecule has 0 spiro atoms. The number of aromatic nitrogens is 2. The van der Waals surface area contributed by atoms with Crippen LogP contribution >= 0.6 is 23.1 Å². The van der Waals surface area contributed by atoms with Crippen molar-refractivity contribution in [2.24, 2.45) is 0 Å². The lowest BCUT2D eigenvalue weighted by molar-refractivity contribution is -0.118. The van der Waals surface area contributed by atoms with Gasteiger partial charge in [-0.2, -0.15) is 0 Å². The van der Waals surface area contributed by atoms with Crippen LogP contribution in [0.4, 0.5) is 10.8 Å². The fourth-order valence-electron chi connectivity index (χ4n) is 2.82. The molecule has 3 aromatic rings. The van der Waals surface area contributed by atoms with Crippen molar-refractivity contribution in [2.75, 3.05) is 17.9 Å². The maximum absolute atomic E-state index is 12.2. The van der Waals surface area contributed by atoms with Gasteiger partial charge in [0.15, 0.2) is 15.8 Å². The fourth-order valence-corrected chi connectivity index (χ4v) is 4.43. The number of hydrogen-bond donors (Lipinski definition) is 2. The number of fused-ring (bicyclic) bond motifs is 1. The molecule has 0 saturated heterocycles. The number of ether oxygens (including phenoxy) is 2. The number of carbonyl (C=O) groups is 1. The minimum absolute atomic E-state index is 0.0633. The molecule has 7 nitrogen and oxygen atoms in total. The van der Waals surface area contributed by atoms with E-state index in [9.17, 15) is 4.79 Å². The van der Waals surface area contributed by atoms with Crippen molar-refractivity contribution in [2.45, 2.75) is 30.6 Å². The maximum Gasteiger partial charge on any atom is 0.231 e. The maximum atomic E-state index is 12.2. The molecule has 0 fully saturated rings. The van der Waals surface area contributed by atoms with Gasteiger partial charge in [-0.25, -0.2) is 0 Å². The Morgan fingerprint density at radius 1 is 1.13 bits per heavy atom. The Kier molecular flexibility index (Phi) is 6.39. The summed E-state index contributed by atoms with van der Waals surface area (Å²) in [7, 11) is 0. The zero-order valence-corrected chi connectivity index (χ0v) is 18.3. The van der Waals surface area contributed by atoms with Crippen LogP contribution in [0.15, 0.2) is 46.8 Å². The molecule has 0 bridgehead atoms. The lowest BCUT2D eigenvalue weighted by Crippen LogP contribution is -2.24. The van der Waals surface area contributed by atoms with Gasteiger partial charge in [-0.15, -0.1) is 10.2 Å². The Bertz CT molecular complexity index is 1020. The molecule has 9 heteroatoms. The van der Waals surface area contributed by atoms with E-state index in [0.29, 0.717) is 23.3 Å². The quantitative estimate of drug-likeness (QED) is 0.495. The molecule has 0 unspecified atom stereocenters. The third-order valence-corrected chi connectivity index (χ3v) is 6.46. The highest BCUT2D eigenvalue weighted by Crippen LogP contribution is 2.32. The van der Waals surface area contributed by atoms with Crippen LogP contribution in [0.5, 0.6) is 11.5 Å². The van der Waals surface area contributed by atoms with E-state index in [4.69, 9.17) is 9.47 Å². The van der Waals surface area contributed by atoms with Crippen LogP contribution in [0.2, 0.25) is 0 Å². The van der Waals surface area contributed by atoms with Gasteiger partial charge in [0.05, 0.1) is 5.75 Å². The molecule has 2 N–H and O–H groups in total. The number of amides is 1. The first-order valence-electron chi connectivity index (χ1n) is 9.55. The van der Waals surface area contributed by atoms with Crippen molar-refractivity contribution in [1.29, 1.82) is 0 Å². The molecule has 1 aliphatic heterocycles. The summed E-state index contributed by atoms with van der Waals surface area (Å²) in [4.78, 5) is 12.2. The van der Waals surface area contributed by atoms with Crippen LogP contribution < -0.4 is 20.1 Å². The van der Waals surface area contributed by atoms with Crippen molar-refractivity contribution < 1.29 is 14.3 Å². The highest BCUT2D eigenvalue weighted by Gasteiger charge is 2.14. The Balaban J connectivity index is 1.23. The largest absolute Gasteiger partial charge is 0.454 e. The summed E-state index contributed by atoms with van der Waals surface area (Å²) in [5.74, 6) is 2.16. The van der Waals surface area contributed by atoms with Gasteiger partial charge in [0, 0.05) is 12.2 Å². The highest BCUT2D eigenvalue weighted by molar-refractivity contribution is 8.01. The second-order valence-corrected chi connectivity index (χ2v) is 9.23. The zero-order valence-electron chi connectivity index (χ0n) is 16.7. The number of thioether (sulfide) groups is 1. The zero-order chi connectivity index (χ0) is 20.9. The molecule has 1 amide bonds. The molecule has 2 aromatic carbocycles. The summed E-state index contributed by atoms with van der Waals surface area (Å²) in [6.07, 6.45) is 0. The smallest absolute Gasteiger partial charge is 0.231 e. The number of nitrogens with zero attached hydrogens (tertiary/aromatic N) is 2. The third kappa shape index (κ3) is 5.22. The monoisotopic (exact) mass is 442 g/mol. The van der Waals surface area contributed by atoms with Gasteiger partial charge < -0.3 is 20.1 Å². The second-order valence-electron chi connectivity index (χ2n) is 7.03. The number of benzene rings is 2. The number of carbonyl (C=O) groups excluding carboxylic acids is 1. The minimum atomic E-state index is -0.0633. The number of anilines is 2. The molecule has 0 atom stereocenters. The Labute approximate surface area is 183 Å². The molecular formula is C21H22N4O3S2. The summed E-state index contributed by atoms with van der Waals surface area (Å²) < 4.78 is 11.4. The van der Waals surface area contributed by atoms with E-state index in [1.54, 1.807) is 0 Å². The first-order chi connectivity index (χ1) is 14.6. The molecule has 1 aliphatic rings. The Hall–Kier alpha value is -2.78. The first kappa shape index (κ1) is 20.5. The average Bonchev–Trinajstić information content (AvgIpc) is 3.40. The number of nitrogens with one attached hydrogen (secondary N) is 2. The normalized spacial score (nSPS) is 12.2. The van der Waals surface area contributed by atoms with E-state index < -0.39 is 0 Å². The standard InChI is InChI=1S/C21H22N4O3S2/c1-13(2)15-4-6-16(7-5-15)23-20-24-25-21(30-20)29-11-19(26)22-10-14-3-8-17-18(9-14)28-12-27-17/h3-9,13H,10-12H2,1-2H3,(H,22,26)(H,23,24). The van der Waals surface area contributed by atoms with E-state index in [2.05, 4.69) is 46.8 Å². The van der Waals surface area contributed by atoms with Gasteiger partial charge in [0.1, 0.15) is 0 Å². The van der Waals surface area contributed by atoms with Gasteiger partial charge in [-0.3, -0.25) is 4.79 Å². The SMILES string of the molecule is CC(C)c1ccc(Nc2nnc(SCC(=O)NCc3ccc4c(c3)OCO4)s2)cc1.